The number of hydrogen-bond donors (Lipinski definition) is 3. The first kappa shape index (κ1) is 12.0. The topological polar surface area (TPSA) is 56.9 Å². The summed E-state index contributed by atoms with van der Waals surface area (Å²) in [4.78, 5) is 15.5. The molecule has 1 amide bonds. The maximum absolute atomic E-state index is 12.4. The fraction of sp³-hybridized carbons (Fsp3) is 0.438. The predicted molar refractivity (Wildman–Crippen MR) is 79.6 cm³/mol. The molecule has 2 heterocycles. The van der Waals surface area contributed by atoms with E-state index in [-0.39, 0.29) is 11.8 Å². The minimum absolute atomic E-state index is 0.196. The second kappa shape index (κ2) is 4.35. The normalized spacial score (nSPS) is 23.9. The Morgan fingerprint density at radius 2 is 2.10 bits per heavy atom. The van der Waals surface area contributed by atoms with Gasteiger partial charge in [0.15, 0.2) is 0 Å². The summed E-state index contributed by atoms with van der Waals surface area (Å²) in [5, 5.41) is 7.59. The highest BCUT2D eigenvalue weighted by Crippen LogP contribution is 2.58. The van der Waals surface area contributed by atoms with Crippen LogP contribution in [0.1, 0.15) is 19.3 Å². The quantitative estimate of drug-likeness (QED) is 0.784. The van der Waals surface area contributed by atoms with E-state index in [9.17, 15) is 4.79 Å². The lowest BCUT2D eigenvalue weighted by molar-refractivity contribution is -0.118. The summed E-state index contributed by atoms with van der Waals surface area (Å²) >= 11 is 0. The molecule has 1 saturated heterocycles. The molecule has 1 aromatic carbocycles. The Balaban J connectivity index is 1.47. The molecular formula is C16H19N3O. The number of fused-ring (bicyclic) bond motifs is 1. The summed E-state index contributed by atoms with van der Waals surface area (Å²) in [5.74, 6) is 0.410. The van der Waals surface area contributed by atoms with Crippen molar-refractivity contribution in [3.8, 4) is 0 Å². The number of aromatic nitrogens is 1. The second-order valence-electron chi connectivity index (χ2n) is 6.14. The minimum Gasteiger partial charge on any atom is -0.361 e. The summed E-state index contributed by atoms with van der Waals surface area (Å²) in [5.41, 5.74) is 2.30. The number of hydrogen-bond acceptors (Lipinski definition) is 2. The molecule has 1 aliphatic heterocycles. The molecule has 4 heteroatoms. The number of nitrogens with one attached hydrogen (secondary N) is 3. The number of aromatic amines is 1. The van der Waals surface area contributed by atoms with Gasteiger partial charge in [-0.25, -0.2) is 0 Å². The van der Waals surface area contributed by atoms with Crippen LogP contribution in [0.25, 0.3) is 10.9 Å². The first-order chi connectivity index (χ1) is 9.77. The zero-order chi connectivity index (χ0) is 13.6. The third kappa shape index (κ3) is 1.91. The highest BCUT2D eigenvalue weighted by atomic mass is 16.2. The number of amides is 1. The van der Waals surface area contributed by atoms with Crippen LogP contribution in [-0.2, 0) is 4.79 Å². The Labute approximate surface area is 117 Å². The third-order valence-electron chi connectivity index (χ3n) is 4.93. The number of anilines is 1. The number of carbonyl (C=O) groups excluding carboxylic acids is 1. The Bertz CT molecular complexity index is 655. The fourth-order valence-corrected chi connectivity index (χ4v) is 3.56. The maximum Gasteiger partial charge on any atom is 0.228 e. The van der Waals surface area contributed by atoms with E-state index < -0.39 is 0 Å². The Morgan fingerprint density at radius 3 is 2.95 bits per heavy atom. The van der Waals surface area contributed by atoms with Crippen molar-refractivity contribution < 1.29 is 4.79 Å². The van der Waals surface area contributed by atoms with Gasteiger partial charge in [0.2, 0.25) is 5.91 Å². The maximum atomic E-state index is 12.4. The molecule has 0 radical (unpaired) electrons. The van der Waals surface area contributed by atoms with Gasteiger partial charge in [0.25, 0.3) is 0 Å². The van der Waals surface area contributed by atoms with E-state index in [4.69, 9.17) is 0 Å². The van der Waals surface area contributed by atoms with Gasteiger partial charge in [-0.05, 0) is 62.0 Å². The van der Waals surface area contributed by atoms with Crippen LogP contribution in [0.3, 0.4) is 0 Å². The van der Waals surface area contributed by atoms with E-state index in [1.807, 2.05) is 30.5 Å². The standard InChI is InChI=1S/C16H19N3O/c20-15(13-10-16(13)4-7-17-8-5-16)19-12-1-2-14-11(9-12)3-6-18-14/h1-3,6,9,13,17-18H,4-5,7-8,10H2,(H,19,20). The lowest BCUT2D eigenvalue weighted by Gasteiger charge is -2.23. The van der Waals surface area contributed by atoms with Crippen LogP contribution in [0.5, 0.6) is 0 Å². The van der Waals surface area contributed by atoms with Gasteiger partial charge >= 0.3 is 0 Å². The average molecular weight is 269 g/mol. The molecule has 3 N–H and O–H groups in total. The van der Waals surface area contributed by atoms with Gasteiger partial charge in [0.05, 0.1) is 0 Å². The van der Waals surface area contributed by atoms with Crippen molar-refractivity contribution in [1.82, 2.24) is 10.3 Å². The van der Waals surface area contributed by atoms with E-state index in [0.29, 0.717) is 5.41 Å². The van der Waals surface area contributed by atoms with Crippen LogP contribution in [-0.4, -0.2) is 24.0 Å². The zero-order valence-electron chi connectivity index (χ0n) is 11.4. The zero-order valence-corrected chi connectivity index (χ0v) is 11.4. The SMILES string of the molecule is O=C(Nc1ccc2[nH]ccc2c1)C1CC12CCNCC2. The van der Waals surface area contributed by atoms with Gasteiger partial charge in [-0.3, -0.25) is 4.79 Å². The predicted octanol–water partition coefficient (Wildman–Crippen LogP) is 2.50. The van der Waals surface area contributed by atoms with E-state index in [2.05, 4.69) is 15.6 Å². The molecule has 104 valence electrons. The van der Waals surface area contributed by atoms with Crippen LogP contribution < -0.4 is 10.6 Å². The smallest absolute Gasteiger partial charge is 0.228 e. The van der Waals surface area contributed by atoms with Crippen molar-refractivity contribution in [3.63, 3.8) is 0 Å². The van der Waals surface area contributed by atoms with Crippen molar-refractivity contribution in [2.75, 3.05) is 18.4 Å². The number of rotatable bonds is 2. The van der Waals surface area contributed by atoms with Gasteiger partial charge in [0.1, 0.15) is 0 Å². The summed E-state index contributed by atoms with van der Waals surface area (Å²) in [6.45, 7) is 2.11. The van der Waals surface area contributed by atoms with Crippen LogP contribution in [0, 0.1) is 11.3 Å². The van der Waals surface area contributed by atoms with Crippen LogP contribution in [0.2, 0.25) is 0 Å². The van der Waals surface area contributed by atoms with Crippen molar-refractivity contribution >= 4 is 22.5 Å². The van der Waals surface area contributed by atoms with Crippen molar-refractivity contribution in [2.45, 2.75) is 19.3 Å². The lowest BCUT2D eigenvalue weighted by Crippen LogP contribution is -2.31. The molecule has 2 aromatic rings. The van der Waals surface area contributed by atoms with Gasteiger partial charge in [-0.15, -0.1) is 0 Å². The molecule has 2 aliphatic rings. The Morgan fingerprint density at radius 1 is 1.25 bits per heavy atom. The molecular weight excluding hydrogens is 250 g/mol. The molecule has 1 aromatic heterocycles. The fourth-order valence-electron chi connectivity index (χ4n) is 3.56. The van der Waals surface area contributed by atoms with Crippen LogP contribution >= 0.6 is 0 Å². The van der Waals surface area contributed by atoms with Crippen molar-refractivity contribution in [2.24, 2.45) is 11.3 Å². The summed E-state index contributed by atoms with van der Waals surface area (Å²) in [6, 6.07) is 8.03. The third-order valence-corrected chi connectivity index (χ3v) is 4.93. The summed E-state index contributed by atoms with van der Waals surface area (Å²) in [6.07, 6.45) is 5.26. The second-order valence-corrected chi connectivity index (χ2v) is 6.14. The van der Waals surface area contributed by atoms with Crippen LogP contribution in [0.15, 0.2) is 30.5 Å². The van der Waals surface area contributed by atoms with Crippen molar-refractivity contribution in [1.29, 1.82) is 0 Å². The summed E-state index contributed by atoms with van der Waals surface area (Å²) in [7, 11) is 0. The number of benzene rings is 1. The van der Waals surface area contributed by atoms with Gasteiger partial charge < -0.3 is 15.6 Å². The molecule has 4 rings (SSSR count). The van der Waals surface area contributed by atoms with E-state index in [1.54, 1.807) is 0 Å². The highest BCUT2D eigenvalue weighted by molar-refractivity contribution is 5.97. The highest BCUT2D eigenvalue weighted by Gasteiger charge is 2.57. The Hall–Kier alpha value is -1.81. The molecule has 0 bridgehead atoms. The molecule has 1 atom stereocenters. The van der Waals surface area contributed by atoms with Crippen molar-refractivity contribution in [3.05, 3.63) is 30.5 Å². The first-order valence-electron chi connectivity index (χ1n) is 7.36. The number of H-pyrrole nitrogens is 1. The summed E-state index contributed by atoms with van der Waals surface area (Å²) < 4.78 is 0. The van der Waals surface area contributed by atoms with E-state index >= 15 is 0 Å². The number of piperidine rings is 1. The molecule has 1 spiro atoms. The monoisotopic (exact) mass is 269 g/mol. The molecule has 2 fully saturated rings. The molecule has 1 unspecified atom stereocenters. The van der Waals surface area contributed by atoms with E-state index in [1.165, 1.54) is 0 Å². The van der Waals surface area contributed by atoms with Gasteiger partial charge in [-0.1, -0.05) is 0 Å². The van der Waals surface area contributed by atoms with Gasteiger partial charge in [-0.2, -0.15) is 0 Å². The minimum atomic E-state index is 0.196. The van der Waals surface area contributed by atoms with Gasteiger partial charge in [0, 0.05) is 28.7 Å². The molecule has 4 nitrogen and oxygen atoms in total. The Kier molecular flexibility index (Phi) is 2.60. The molecule has 1 aliphatic carbocycles. The molecule has 1 saturated carbocycles. The van der Waals surface area contributed by atoms with E-state index in [0.717, 1.165) is 48.9 Å². The number of carbonyl (C=O) groups is 1. The van der Waals surface area contributed by atoms with Crippen LogP contribution in [0.4, 0.5) is 5.69 Å². The average Bonchev–Trinajstić information content (AvgIpc) is 2.96. The lowest BCUT2D eigenvalue weighted by atomic mass is 9.92. The largest absolute Gasteiger partial charge is 0.361 e. The first-order valence-corrected chi connectivity index (χ1v) is 7.36. The molecule has 20 heavy (non-hydrogen) atoms.